The van der Waals surface area contributed by atoms with Crippen LogP contribution in [0, 0.1) is 13.8 Å². The van der Waals surface area contributed by atoms with Gasteiger partial charge in [0.25, 0.3) is 0 Å². The van der Waals surface area contributed by atoms with Crippen molar-refractivity contribution in [2.45, 2.75) is 40.0 Å². The van der Waals surface area contributed by atoms with Crippen LogP contribution < -0.4 is 0 Å². The van der Waals surface area contributed by atoms with Gasteiger partial charge >= 0.3 is 0 Å². The van der Waals surface area contributed by atoms with Gasteiger partial charge in [0.2, 0.25) is 0 Å². The first kappa shape index (κ1) is 12.9. The normalized spacial score (nSPS) is 11.6. The zero-order valence-electron chi connectivity index (χ0n) is 12.0. The maximum Gasteiger partial charge on any atom is -0.0126 e. The van der Waals surface area contributed by atoms with Crippen LogP contribution in [0.1, 0.15) is 37.5 Å². The third-order valence-corrected chi connectivity index (χ3v) is 3.35. The van der Waals surface area contributed by atoms with Crippen LogP contribution >= 0.6 is 0 Å². The van der Waals surface area contributed by atoms with Crippen LogP contribution in [0.4, 0.5) is 0 Å². The Bertz CT molecular complexity index is 539. The second kappa shape index (κ2) is 4.61. The fraction of sp³-hybridized carbons (Fsp3) is 0.333. The van der Waals surface area contributed by atoms with E-state index in [0.29, 0.717) is 0 Å². The van der Waals surface area contributed by atoms with Crippen molar-refractivity contribution < 1.29 is 0 Å². The minimum atomic E-state index is 0.173. The Morgan fingerprint density at radius 3 is 1.83 bits per heavy atom. The van der Waals surface area contributed by atoms with E-state index >= 15 is 0 Å². The SMILES string of the molecule is Cc1ccc(-c2ccc(C)cc2C(C)(C)C)cc1. The first-order valence-corrected chi connectivity index (χ1v) is 6.56. The van der Waals surface area contributed by atoms with E-state index in [9.17, 15) is 0 Å². The minimum Gasteiger partial charge on any atom is -0.0587 e. The van der Waals surface area contributed by atoms with Gasteiger partial charge in [-0.05, 0) is 36.0 Å². The lowest BCUT2D eigenvalue weighted by Gasteiger charge is -2.24. The Hall–Kier alpha value is -1.56. The molecule has 0 saturated carbocycles. The molecule has 0 spiro atoms. The maximum absolute atomic E-state index is 2.31. The molecule has 0 N–H and O–H groups in total. The number of aryl methyl sites for hydroxylation is 2. The number of benzene rings is 2. The largest absolute Gasteiger partial charge is 0.0587 e. The molecule has 0 radical (unpaired) electrons. The lowest BCUT2D eigenvalue weighted by Crippen LogP contribution is -2.13. The van der Waals surface area contributed by atoms with E-state index in [2.05, 4.69) is 77.1 Å². The number of hydrogen-bond donors (Lipinski definition) is 0. The highest BCUT2D eigenvalue weighted by atomic mass is 14.2. The van der Waals surface area contributed by atoms with Gasteiger partial charge in [-0.25, -0.2) is 0 Å². The second-order valence-electron chi connectivity index (χ2n) is 6.17. The van der Waals surface area contributed by atoms with Gasteiger partial charge in [0.05, 0.1) is 0 Å². The van der Waals surface area contributed by atoms with Crippen LogP contribution in [-0.2, 0) is 5.41 Å². The summed E-state index contributed by atoms with van der Waals surface area (Å²) in [6.07, 6.45) is 0. The predicted octanol–water partition coefficient (Wildman–Crippen LogP) is 5.27. The Morgan fingerprint density at radius 1 is 0.722 bits per heavy atom. The van der Waals surface area contributed by atoms with Gasteiger partial charge in [0, 0.05) is 0 Å². The summed E-state index contributed by atoms with van der Waals surface area (Å²) in [5.41, 5.74) is 6.90. The monoisotopic (exact) mass is 238 g/mol. The molecule has 0 bridgehead atoms. The Labute approximate surface area is 111 Å². The molecular weight excluding hydrogens is 216 g/mol. The summed E-state index contributed by atoms with van der Waals surface area (Å²) in [7, 11) is 0. The maximum atomic E-state index is 2.31. The van der Waals surface area contributed by atoms with Gasteiger partial charge in [0.15, 0.2) is 0 Å². The zero-order chi connectivity index (χ0) is 13.3. The first-order chi connectivity index (χ1) is 8.38. The van der Waals surface area contributed by atoms with E-state index in [1.807, 2.05) is 0 Å². The quantitative estimate of drug-likeness (QED) is 0.635. The summed E-state index contributed by atoms with van der Waals surface area (Å²) >= 11 is 0. The van der Waals surface area contributed by atoms with Crippen molar-refractivity contribution in [3.63, 3.8) is 0 Å². The smallest absolute Gasteiger partial charge is 0.0126 e. The van der Waals surface area contributed by atoms with Gasteiger partial charge in [-0.15, -0.1) is 0 Å². The topological polar surface area (TPSA) is 0 Å². The van der Waals surface area contributed by atoms with E-state index in [-0.39, 0.29) is 5.41 Å². The van der Waals surface area contributed by atoms with Crippen molar-refractivity contribution in [1.29, 1.82) is 0 Å². The summed E-state index contributed by atoms with van der Waals surface area (Å²) in [5.74, 6) is 0. The lowest BCUT2D eigenvalue weighted by atomic mass is 9.81. The van der Waals surface area contributed by atoms with Crippen LogP contribution in [0.15, 0.2) is 42.5 Å². The second-order valence-corrected chi connectivity index (χ2v) is 6.17. The third kappa shape index (κ3) is 2.64. The van der Waals surface area contributed by atoms with Crippen LogP contribution in [-0.4, -0.2) is 0 Å². The number of hydrogen-bond acceptors (Lipinski definition) is 0. The molecule has 2 rings (SSSR count). The molecule has 0 heterocycles. The molecule has 0 aliphatic rings. The van der Waals surface area contributed by atoms with Crippen LogP contribution in [0.2, 0.25) is 0 Å². The molecule has 0 aliphatic heterocycles. The van der Waals surface area contributed by atoms with E-state index in [1.54, 1.807) is 0 Å². The van der Waals surface area contributed by atoms with Crippen LogP contribution in [0.5, 0.6) is 0 Å². The van der Waals surface area contributed by atoms with Gasteiger partial charge in [0.1, 0.15) is 0 Å². The van der Waals surface area contributed by atoms with Gasteiger partial charge in [-0.1, -0.05) is 74.4 Å². The van der Waals surface area contributed by atoms with Crippen molar-refractivity contribution in [2.75, 3.05) is 0 Å². The summed E-state index contributed by atoms with van der Waals surface area (Å²) in [4.78, 5) is 0. The molecule has 0 fully saturated rings. The highest BCUT2D eigenvalue weighted by molar-refractivity contribution is 5.69. The van der Waals surface area contributed by atoms with Crippen LogP contribution in [0.3, 0.4) is 0 Å². The zero-order valence-corrected chi connectivity index (χ0v) is 12.0. The lowest BCUT2D eigenvalue weighted by molar-refractivity contribution is 0.591. The molecular formula is C18H22. The molecule has 2 aromatic carbocycles. The summed E-state index contributed by atoms with van der Waals surface area (Å²) in [6, 6.07) is 15.6. The first-order valence-electron chi connectivity index (χ1n) is 6.56. The predicted molar refractivity (Wildman–Crippen MR) is 80.1 cm³/mol. The Balaban J connectivity index is 2.60. The molecule has 2 aromatic rings. The summed E-state index contributed by atoms with van der Waals surface area (Å²) < 4.78 is 0. The van der Waals surface area contributed by atoms with E-state index < -0.39 is 0 Å². The van der Waals surface area contributed by atoms with Crippen molar-refractivity contribution in [3.8, 4) is 11.1 Å². The van der Waals surface area contributed by atoms with Gasteiger partial charge in [-0.3, -0.25) is 0 Å². The molecule has 0 heteroatoms. The fourth-order valence-corrected chi connectivity index (χ4v) is 2.26. The average Bonchev–Trinajstić information content (AvgIpc) is 2.29. The van der Waals surface area contributed by atoms with E-state index in [4.69, 9.17) is 0 Å². The van der Waals surface area contributed by atoms with Gasteiger partial charge < -0.3 is 0 Å². The summed E-state index contributed by atoms with van der Waals surface area (Å²) in [6.45, 7) is 11.1. The molecule has 0 aliphatic carbocycles. The summed E-state index contributed by atoms with van der Waals surface area (Å²) in [5, 5.41) is 0. The highest BCUT2D eigenvalue weighted by Gasteiger charge is 2.18. The van der Waals surface area contributed by atoms with Crippen LogP contribution in [0.25, 0.3) is 11.1 Å². The van der Waals surface area contributed by atoms with Crippen molar-refractivity contribution in [1.82, 2.24) is 0 Å². The molecule has 0 unspecified atom stereocenters. The van der Waals surface area contributed by atoms with Crippen molar-refractivity contribution in [3.05, 3.63) is 59.2 Å². The molecule has 0 amide bonds. The molecule has 0 saturated heterocycles. The Kier molecular flexibility index (Phi) is 3.30. The van der Waals surface area contributed by atoms with E-state index in [1.165, 1.54) is 27.8 Å². The average molecular weight is 238 g/mol. The number of rotatable bonds is 1. The van der Waals surface area contributed by atoms with Crippen molar-refractivity contribution >= 4 is 0 Å². The fourth-order valence-electron chi connectivity index (χ4n) is 2.26. The molecule has 0 nitrogen and oxygen atoms in total. The molecule has 0 aromatic heterocycles. The molecule has 18 heavy (non-hydrogen) atoms. The minimum absolute atomic E-state index is 0.173. The Morgan fingerprint density at radius 2 is 1.28 bits per heavy atom. The van der Waals surface area contributed by atoms with E-state index in [0.717, 1.165) is 0 Å². The molecule has 0 atom stereocenters. The third-order valence-electron chi connectivity index (χ3n) is 3.35. The standard InChI is InChI=1S/C18H22/c1-13-6-9-15(10-7-13)16-11-8-14(2)12-17(16)18(3,4)5/h6-12H,1-5H3. The van der Waals surface area contributed by atoms with Crippen molar-refractivity contribution in [2.24, 2.45) is 0 Å². The van der Waals surface area contributed by atoms with Gasteiger partial charge in [-0.2, -0.15) is 0 Å². The molecule has 94 valence electrons. The highest BCUT2D eigenvalue weighted by Crippen LogP contribution is 2.33.